The maximum atomic E-state index is 4.70. The molecule has 0 amide bonds. The van der Waals surface area contributed by atoms with E-state index in [1.54, 1.807) is 4.68 Å². The van der Waals surface area contributed by atoms with Crippen LogP contribution in [-0.2, 0) is 13.5 Å². The van der Waals surface area contributed by atoms with Gasteiger partial charge in [-0.3, -0.25) is 4.68 Å². The molecule has 0 saturated carbocycles. The van der Waals surface area contributed by atoms with Gasteiger partial charge in [0, 0.05) is 31.5 Å². The van der Waals surface area contributed by atoms with Crippen LogP contribution in [0.2, 0.25) is 0 Å². The normalized spacial score (nSPS) is 11.1. The second-order valence-corrected chi connectivity index (χ2v) is 5.50. The van der Waals surface area contributed by atoms with Gasteiger partial charge in [0.25, 0.3) is 0 Å². The van der Waals surface area contributed by atoms with Crippen molar-refractivity contribution in [2.24, 2.45) is 13.0 Å². The van der Waals surface area contributed by atoms with Crippen molar-refractivity contribution in [3.8, 4) is 11.4 Å². The quantitative estimate of drug-likeness (QED) is 0.910. The van der Waals surface area contributed by atoms with Crippen molar-refractivity contribution in [2.45, 2.75) is 34.1 Å². The fraction of sp³-hybridized carbons (Fsp3) is 0.533. The first-order chi connectivity index (χ1) is 9.49. The molecule has 0 aliphatic heterocycles. The molecule has 0 unspecified atom stereocenters. The van der Waals surface area contributed by atoms with Crippen molar-refractivity contribution in [3.05, 3.63) is 23.7 Å². The van der Waals surface area contributed by atoms with Gasteiger partial charge in [-0.15, -0.1) is 0 Å². The molecule has 2 heterocycles. The Labute approximate surface area is 120 Å². The van der Waals surface area contributed by atoms with Crippen LogP contribution in [0.5, 0.6) is 0 Å². The van der Waals surface area contributed by atoms with E-state index in [0.29, 0.717) is 5.92 Å². The second-order valence-electron chi connectivity index (χ2n) is 5.50. The molecule has 2 aromatic heterocycles. The number of aryl methyl sites for hydroxylation is 2. The average molecular weight is 273 g/mol. The molecule has 0 aliphatic rings. The lowest BCUT2D eigenvalue weighted by molar-refractivity contribution is 0.635. The Kier molecular flexibility index (Phi) is 4.37. The minimum absolute atomic E-state index is 0.572. The van der Waals surface area contributed by atoms with Gasteiger partial charge in [-0.1, -0.05) is 13.8 Å². The van der Waals surface area contributed by atoms with Gasteiger partial charge in [0.2, 0.25) is 0 Å². The topological polar surface area (TPSA) is 55.6 Å². The summed E-state index contributed by atoms with van der Waals surface area (Å²) >= 11 is 0. The molecule has 5 nitrogen and oxygen atoms in total. The SMILES string of the molecule is CCNc1cc(CC(C)C)nc(-c2cn(C)nc2C)n1. The molecular formula is C15H23N5. The molecule has 2 aromatic rings. The molecule has 20 heavy (non-hydrogen) atoms. The van der Waals surface area contributed by atoms with Gasteiger partial charge in [-0.25, -0.2) is 9.97 Å². The van der Waals surface area contributed by atoms with E-state index in [0.717, 1.165) is 41.6 Å². The van der Waals surface area contributed by atoms with Crippen LogP contribution in [0, 0.1) is 12.8 Å². The zero-order valence-corrected chi connectivity index (χ0v) is 12.9. The predicted octanol–water partition coefficient (Wildman–Crippen LogP) is 2.82. The van der Waals surface area contributed by atoms with Crippen LogP contribution in [0.3, 0.4) is 0 Å². The Bertz CT molecular complexity index is 586. The predicted molar refractivity (Wildman–Crippen MR) is 81.7 cm³/mol. The van der Waals surface area contributed by atoms with Crippen molar-refractivity contribution < 1.29 is 0 Å². The van der Waals surface area contributed by atoms with E-state index in [2.05, 4.69) is 36.2 Å². The molecule has 0 fully saturated rings. The van der Waals surface area contributed by atoms with Crippen LogP contribution in [0.25, 0.3) is 11.4 Å². The highest BCUT2D eigenvalue weighted by atomic mass is 15.3. The van der Waals surface area contributed by atoms with E-state index in [9.17, 15) is 0 Å². The zero-order chi connectivity index (χ0) is 14.7. The van der Waals surface area contributed by atoms with Crippen molar-refractivity contribution in [1.29, 1.82) is 0 Å². The summed E-state index contributed by atoms with van der Waals surface area (Å²) in [6.45, 7) is 9.30. The molecule has 0 atom stereocenters. The molecule has 0 bridgehead atoms. The number of rotatable bonds is 5. The monoisotopic (exact) mass is 273 g/mol. The maximum Gasteiger partial charge on any atom is 0.165 e. The minimum atomic E-state index is 0.572. The summed E-state index contributed by atoms with van der Waals surface area (Å²) in [6, 6.07) is 2.04. The van der Waals surface area contributed by atoms with Gasteiger partial charge in [0.15, 0.2) is 5.82 Å². The van der Waals surface area contributed by atoms with E-state index in [4.69, 9.17) is 4.98 Å². The van der Waals surface area contributed by atoms with Gasteiger partial charge >= 0.3 is 0 Å². The lowest BCUT2D eigenvalue weighted by Gasteiger charge is -2.10. The first-order valence-corrected chi connectivity index (χ1v) is 7.12. The first kappa shape index (κ1) is 14.5. The fourth-order valence-corrected chi connectivity index (χ4v) is 2.23. The van der Waals surface area contributed by atoms with Crippen LogP contribution >= 0.6 is 0 Å². The van der Waals surface area contributed by atoms with Crippen molar-refractivity contribution >= 4 is 5.82 Å². The number of anilines is 1. The van der Waals surface area contributed by atoms with Gasteiger partial charge in [-0.05, 0) is 26.2 Å². The number of hydrogen-bond acceptors (Lipinski definition) is 4. The van der Waals surface area contributed by atoms with Gasteiger partial charge in [-0.2, -0.15) is 5.10 Å². The van der Waals surface area contributed by atoms with Crippen LogP contribution in [0.15, 0.2) is 12.3 Å². The van der Waals surface area contributed by atoms with E-state index >= 15 is 0 Å². The summed E-state index contributed by atoms with van der Waals surface area (Å²) < 4.78 is 1.80. The van der Waals surface area contributed by atoms with Crippen LogP contribution in [0.1, 0.15) is 32.2 Å². The lowest BCUT2D eigenvalue weighted by atomic mass is 10.1. The molecule has 0 spiro atoms. The number of hydrogen-bond donors (Lipinski definition) is 1. The van der Waals surface area contributed by atoms with Crippen LogP contribution < -0.4 is 5.32 Å². The minimum Gasteiger partial charge on any atom is -0.370 e. The van der Waals surface area contributed by atoms with Crippen LogP contribution in [0.4, 0.5) is 5.82 Å². The standard InChI is InChI=1S/C15H23N5/c1-6-16-14-8-12(7-10(2)3)17-15(18-14)13-9-20(5)19-11(13)4/h8-10H,6-7H2,1-5H3,(H,16,17,18). The lowest BCUT2D eigenvalue weighted by Crippen LogP contribution is -2.06. The van der Waals surface area contributed by atoms with E-state index in [-0.39, 0.29) is 0 Å². The summed E-state index contributed by atoms with van der Waals surface area (Å²) in [5.41, 5.74) is 3.03. The third-order valence-corrected chi connectivity index (χ3v) is 3.01. The zero-order valence-electron chi connectivity index (χ0n) is 12.9. The van der Waals surface area contributed by atoms with Crippen molar-refractivity contribution in [3.63, 3.8) is 0 Å². The molecule has 5 heteroatoms. The number of nitrogens with one attached hydrogen (secondary N) is 1. The number of aromatic nitrogens is 4. The van der Waals surface area contributed by atoms with Crippen molar-refractivity contribution in [2.75, 3.05) is 11.9 Å². The Hall–Kier alpha value is -1.91. The Morgan fingerprint density at radius 2 is 2.05 bits per heavy atom. The largest absolute Gasteiger partial charge is 0.370 e. The Balaban J connectivity index is 2.45. The molecule has 108 valence electrons. The van der Waals surface area contributed by atoms with Crippen molar-refractivity contribution in [1.82, 2.24) is 19.7 Å². The summed E-state index contributed by atoms with van der Waals surface area (Å²) in [5.74, 6) is 2.21. The van der Waals surface area contributed by atoms with E-state index in [1.807, 2.05) is 26.2 Å². The molecule has 2 rings (SSSR count). The third kappa shape index (κ3) is 3.35. The van der Waals surface area contributed by atoms with E-state index < -0.39 is 0 Å². The second kappa shape index (κ2) is 6.03. The fourth-order valence-electron chi connectivity index (χ4n) is 2.23. The van der Waals surface area contributed by atoms with E-state index in [1.165, 1.54) is 0 Å². The first-order valence-electron chi connectivity index (χ1n) is 7.12. The summed E-state index contributed by atoms with van der Waals surface area (Å²) in [4.78, 5) is 9.30. The highest BCUT2D eigenvalue weighted by Crippen LogP contribution is 2.21. The summed E-state index contributed by atoms with van der Waals surface area (Å²) in [6.07, 6.45) is 2.92. The molecule has 0 aliphatic carbocycles. The smallest absolute Gasteiger partial charge is 0.165 e. The maximum absolute atomic E-state index is 4.70. The highest BCUT2D eigenvalue weighted by Gasteiger charge is 2.12. The number of nitrogens with zero attached hydrogens (tertiary/aromatic N) is 4. The van der Waals surface area contributed by atoms with Gasteiger partial charge in [0.05, 0.1) is 11.3 Å². The van der Waals surface area contributed by atoms with Crippen LogP contribution in [-0.4, -0.2) is 26.3 Å². The average Bonchev–Trinajstić information content (AvgIpc) is 2.67. The summed E-state index contributed by atoms with van der Waals surface area (Å²) in [5, 5.41) is 7.65. The molecular weight excluding hydrogens is 250 g/mol. The highest BCUT2D eigenvalue weighted by molar-refractivity contribution is 5.59. The molecule has 1 N–H and O–H groups in total. The molecule has 0 saturated heterocycles. The molecule has 0 aromatic carbocycles. The third-order valence-electron chi connectivity index (χ3n) is 3.01. The molecule has 0 radical (unpaired) electrons. The summed E-state index contributed by atoms with van der Waals surface area (Å²) in [7, 11) is 1.92. The van der Waals surface area contributed by atoms with Gasteiger partial charge < -0.3 is 5.32 Å². The Morgan fingerprint density at radius 3 is 2.60 bits per heavy atom. The Morgan fingerprint density at radius 1 is 1.30 bits per heavy atom. The van der Waals surface area contributed by atoms with Gasteiger partial charge in [0.1, 0.15) is 5.82 Å².